The van der Waals surface area contributed by atoms with E-state index in [9.17, 15) is 18.0 Å². The smallest absolute Gasteiger partial charge is 0.237 e. The van der Waals surface area contributed by atoms with E-state index in [2.05, 4.69) is 5.32 Å². The highest BCUT2D eigenvalue weighted by Crippen LogP contribution is 2.34. The molecule has 0 aliphatic carbocycles. The van der Waals surface area contributed by atoms with Gasteiger partial charge in [0.1, 0.15) is 11.6 Å². The fourth-order valence-corrected chi connectivity index (χ4v) is 5.34. The van der Waals surface area contributed by atoms with Crippen LogP contribution in [0.4, 0.5) is 13.2 Å². The Morgan fingerprint density at radius 1 is 1.06 bits per heavy atom. The predicted octanol–water partition coefficient (Wildman–Crippen LogP) is 5.16. The van der Waals surface area contributed by atoms with Crippen molar-refractivity contribution in [2.75, 3.05) is 13.7 Å². The highest BCUT2D eigenvalue weighted by atomic mass is 32.2. The molecule has 1 amide bonds. The van der Waals surface area contributed by atoms with Gasteiger partial charge in [-0.25, -0.2) is 13.2 Å². The molecule has 1 saturated heterocycles. The monoisotopic (exact) mass is 486 g/mol. The lowest BCUT2D eigenvalue weighted by atomic mass is 10.1. The molecular weight excluding hydrogens is 461 g/mol. The molecular formula is C26H25F3N2O2S. The van der Waals surface area contributed by atoms with E-state index in [-0.39, 0.29) is 17.0 Å². The number of halogens is 3. The quantitative estimate of drug-likeness (QED) is 0.477. The fourth-order valence-electron chi connectivity index (χ4n) is 4.12. The summed E-state index contributed by atoms with van der Waals surface area (Å²) in [5.41, 5.74) is 1.45. The van der Waals surface area contributed by atoms with Crippen molar-refractivity contribution in [3.05, 3.63) is 95.3 Å². The van der Waals surface area contributed by atoms with E-state index < -0.39 is 17.7 Å². The van der Waals surface area contributed by atoms with Crippen LogP contribution >= 0.6 is 11.8 Å². The molecule has 3 aromatic carbocycles. The lowest BCUT2D eigenvalue weighted by molar-refractivity contribution is -0.125. The summed E-state index contributed by atoms with van der Waals surface area (Å²) >= 11 is 1.58. The number of rotatable bonds is 8. The number of carbonyl (C=O) groups excluding carboxylic acids is 1. The molecule has 3 aromatic rings. The number of thioether (sulfide) groups is 1. The number of methoxy groups -OCH3 is 1. The molecule has 1 aliphatic heterocycles. The SMILES string of the molecule is COc1ccccc1CNC(=O)[C@@H]1C[C@@H](Sc2ccc(F)cc2)CN1Cc1ccc(F)c(F)c1. The summed E-state index contributed by atoms with van der Waals surface area (Å²) < 4.78 is 45.8. The van der Waals surface area contributed by atoms with Crippen LogP contribution in [0.1, 0.15) is 17.5 Å². The second-order valence-electron chi connectivity index (χ2n) is 8.15. The first-order valence-corrected chi connectivity index (χ1v) is 11.8. The van der Waals surface area contributed by atoms with Crippen LogP contribution < -0.4 is 10.1 Å². The summed E-state index contributed by atoms with van der Waals surface area (Å²) in [5.74, 6) is -1.57. The summed E-state index contributed by atoms with van der Waals surface area (Å²) in [7, 11) is 1.58. The van der Waals surface area contributed by atoms with Gasteiger partial charge >= 0.3 is 0 Å². The van der Waals surface area contributed by atoms with Gasteiger partial charge in [0.05, 0.1) is 13.2 Å². The van der Waals surface area contributed by atoms with Crippen molar-refractivity contribution in [1.29, 1.82) is 0 Å². The van der Waals surface area contributed by atoms with Crippen molar-refractivity contribution in [3.8, 4) is 5.75 Å². The van der Waals surface area contributed by atoms with Gasteiger partial charge in [-0.15, -0.1) is 11.8 Å². The number of nitrogens with zero attached hydrogens (tertiary/aromatic N) is 1. The maximum atomic E-state index is 13.8. The number of hydrogen-bond donors (Lipinski definition) is 1. The van der Waals surface area contributed by atoms with Crippen molar-refractivity contribution in [1.82, 2.24) is 10.2 Å². The van der Waals surface area contributed by atoms with Gasteiger partial charge in [-0.3, -0.25) is 9.69 Å². The molecule has 1 aliphatic rings. The second kappa shape index (κ2) is 11.0. The molecule has 8 heteroatoms. The highest BCUT2D eigenvalue weighted by molar-refractivity contribution is 8.00. The Kier molecular flexibility index (Phi) is 7.80. The minimum atomic E-state index is -0.911. The minimum absolute atomic E-state index is 0.0813. The standard InChI is InChI=1S/C26H25F3N2O2S/c1-33-25-5-3-2-4-18(25)14-30-26(32)24-13-21(34-20-9-7-19(27)8-10-20)16-31(24)15-17-6-11-22(28)23(29)12-17/h2-12,21,24H,13-16H2,1H3,(H,30,32)/t21-,24+/m1/s1. The number of para-hydroxylation sites is 1. The number of carbonyl (C=O) groups is 1. The largest absolute Gasteiger partial charge is 0.496 e. The lowest BCUT2D eigenvalue weighted by Gasteiger charge is -2.24. The normalized spacial score (nSPS) is 18.1. The molecule has 1 heterocycles. The molecule has 1 fully saturated rings. The van der Waals surface area contributed by atoms with Gasteiger partial charge in [0.2, 0.25) is 5.91 Å². The number of amides is 1. The molecule has 34 heavy (non-hydrogen) atoms. The van der Waals surface area contributed by atoms with Crippen LogP contribution in [0.2, 0.25) is 0 Å². The van der Waals surface area contributed by atoms with Gasteiger partial charge in [0.15, 0.2) is 11.6 Å². The van der Waals surface area contributed by atoms with Crippen LogP contribution in [-0.4, -0.2) is 35.8 Å². The first kappa shape index (κ1) is 24.2. The Bertz CT molecular complexity index is 1140. The number of ether oxygens (including phenoxy) is 1. The first-order valence-electron chi connectivity index (χ1n) is 10.9. The minimum Gasteiger partial charge on any atom is -0.496 e. The van der Waals surface area contributed by atoms with E-state index in [0.717, 1.165) is 16.5 Å². The molecule has 0 bridgehead atoms. The summed E-state index contributed by atoms with van der Waals surface area (Å²) in [6.07, 6.45) is 0.573. The summed E-state index contributed by atoms with van der Waals surface area (Å²) in [6, 6.07) is 17.1. The third-order valence-corrected chi connectivity index (χ3v) is 7.02. The van der Waals surface area contributed by atoms with Crippen molar-refractivity contribution < 1.29 is 22.7 Å². The van der Waals surface area contributed by atoms with E-state index >= 15 is 0 Å². The average molecular weight is 487 g/mol. The van der Waals surface area contributed by atoms with Gasteiger partial charge < -0.3 is 10.1 Å². The molecule has 178 valence electrons. The van der Waals surface area contributed by atoms with Crippen LogP contribution in [0.15, 0.2) is 71.6 Å². The first-order chi connectivity index (χ1) is 16.4. The second-order valence-corrected chi connectivity index (χ2v) is 9.53. The Balaban J connectivity index is 1.48. The maximum Gasteiger partial charge on any atom is 0.237 e. The van der Waals surface area contributed by atoms with E-state index in [1.165, 1.54) is 24.3 Å². The zero-order valence-corrected chi connectivity index (χ0v) is 19.5. The van der Waals surface area contributed by atoms with Gasteiger partial charge in [0, 0.05) is 35.3 Å². The number of hydrogen-bond acceptors (Lipinski definition) is 4. The van der Waals surface area contributed by atoms with Crippen LogP contribution in [0.25, 0.3) is 0 Å². The summed E-state index contributed by atoms with van der Waals surface area (Å²) in [6.45, 7) is 1.20. The van der Waals surface area contributed by atoms with Gasteiger partial charge in [-0.05, 0) is 54.4 Å². The molecule has 0 radical (unpaired) electrons. The van der Waals surface area contributed by atoms with Crippen LogP contribution in [0.3, 0.4) is 0 Å². The van der Waals surface area contributed by atoms with Crippen LogP contribution in [-0.2, 0) is 17.9 Å². The topological polar surface area (TPSA) is 41.6 Å². The van der Waals surface area contributed by atoms with Crippen molar-refractivity contribution in [3.63, 3.8) is 0 Å². The summed E-state index contributed by atoms with van der Waals surface area (Å²) in [5, 5.41) is 3.07. The molecule has 1 N–H and O–H groups in total. The molecule has 0 saturated carbocycles. The Morgan fingerprint density at radius 2 is 1.82 bits per heavy atom. The zero-order valence-electron chi connectivity index (χ0n) is 18.6. The van der Waals surface area contributed by atoms with Crippen molar-refractivity contribution in [2.45, 2.75) is 35.7 Å². The molecule has 4 nitrogen and oxygen atoms in total. The predicted molar refractivity (Wildman–Crippen MR) is 126 cm³/mol. The average Bonchev–Trinajstić information content (AvgIpc) is 3.23. The van der Waals surface area contributed by atoms with Crippen molar-refractivity contribution >= 4 is 17.7 Å². The zero-order chi connectivity index (χ0) is 24.1. The number of likely N-dealkylation sites (tertiary alicyclic amines) is 1. The van der Waals surface area contributed by atoms with Crippen molar-refractivity contribution in [2.24, 2.45) is 0 Å². The summed E-state index contributed by atoms with van der Waals surface area (Å²) in [4.78, 5) is 16.1. The number of nitrogens with one attached hydrogen (secondary N) is 1. The Labute approximate surface area is 201 Å². The molecule has 0 unspecified atom stereocenters. The third-order valence-electron chi connectivity index (χ3n) is 5.80. The maximum absolute atomic E-state index is 13.8. The molecule has 2 atom stereocenters. The van der Waals surface area contributed by atoms with E-state index in [1.54, 1.807) is 31.0 Å². The lowest BCUT2D eigenvalue weighted by Crippen LogP contribution is -2.42. The molecule has 4 rings (SSSR count). The Hall–Kier alpha value is -2.97. The van der Waals surface area contributed by atoms with Crippen LogP contribution in [0, 0.1) is 17.5 Å². The van der Waals surface area contributed by atoms with E-state index in [4.69, 9.17) is 4.74 Å². The van der Waals surface area contributed by atoms with Crippen LogP contribution in [0.5, 0.6) is 5.75 Å². The van der Waals surface area contributed by atoms with Gasteiger partial charge in [0.25, 0.3) is 0 Å². The Morgan fingerprint density at radius 3 is 2.56 bits per heavy atom. The number of benzene rings is 3. The highest BCUT2D eigenvalue weighted by Gasteiger charge is 2.37. The third kappa shape index (κ3) is 5.93. The fraction of sp³-hybridized carbons (Fsp3) is 0.269. The van der Waals surface area contributed by atoms with Gasteiger partial charge in [-0.2, -0.15) is 0 Å². The van der Waals surface area contributed by atoms with Gasteiger partial charge in [-0.1, -0.05) is 24.3 Å². The molecule has 0 aromatic heterocycles. The van der Waals surface area contributed by atoms with E-state index in [0.29, 0.717) is 37.4 Å². The van der Waals surface area contributed by atoms with E-state index in [1.807, 2.05) is 29.2 Å². The molecule has 0 spiro atoms.